The summed E-state index contributed by atoms with van der Waals surface area (Å²) in [5.74, 6) is -0.303. The number of ether oxygens (including phenoxy) is 1. The summed E-state index contributed by atoms with van der Waals surface area (Å²) in [6.45, 7) is 5.43. The molecule has 2 amide bonds. The highest BCUT2D eigenvalue weighted by Gasteiger charge is 2.32. The van der Waals surface area contributed by atoms with E-state index in [1.807, 2.05) is 43.0 Å². The van der Waals surface area contributed by atoms with Gasteiger partial charge in [-0.05, 0) is 61.3 Å². The SMILES string of the molecule is CC(C)(CCC(=O)N1CC(CCCC(=O)O)C1)NC(=O)OCC1c2ccccc2-c2ccccc21. The number of likely N-dealkylation sites (tertiary alicyclic amines) is 1. The average molecular weight is 479 g/mol. The number of aliphatic carboxylic acids is 1. The molecule has 0 atom stereocenters. The van der Waals surface area contributed by atoms with E-state index in [-0.39, 0.29) is 24.9 Å². The Kier molecular flexibility index (Phi) is 7.43. The van der Waals surface area contributed by atoms with Gasteiger partial charge >= 0.3 is 12.1 Å². The third kappa shape index (κ3) is 6.02. The monoisotopic (exact) mass is 478 g/mol. The summed E-state index contributed by atoms with van der Waals surface area (Å²) in [5.41, 5.74) is 4.13. The standard InChI is InChI=1S/C28H34N2O5/c1-28(2,15-14-25(31)30-16-19(17-30)8-7-13-26(32)33)29-27(34)35-18-24-22-11-5-3-9-20(22)21-10-4-6-12-23(21)24/h3-6,9-12,19,24H,7-8,13-18H2,1-2H3,(H,29,34)(H,32,33). The lowest BCUT2D eigenvalue weighted by atomic mass is 9.92. The molecule has 1 aliphatic heterocycles. The molecule has 1 heterocycles. The number of benzene rings is 2. The lowest BCUT2D eigenvalue weighted by Gasteiger charge is -2.40. The van der Waals surface area contributed by atoms with Gasteiger partial charge in [-0.15, -0.1) is 0 Å². The van der Waals surface area contributed by atoms with E-state index < -0.39 is 17.6 Å². The smallest absolute Gasteiger partial charge is 0.407 e. The van der Waals surface area contributed by atoms with Crippen molar-refractivity contribution in [3.63, 3.8) is 0 Å². The van der Waals surface area contributed by atoms with Crippen LogP contribution in [-0.2, 0) is 14.3 Å². The third-order valence-corrected chi connectivity index (χ3v) is 7.06. The van der Waals surface area contributed by atoms with E-state index in [2.05, 4.69) is 29.6 Å². The van der Waals surface area contributed by atoms with E-state index in [1.165, 1.54) is 22.3 Å². The minimum absolute atomic E-state index is 0.00713. The maximum atomic E-state index is 12.6. The predicted octanol–water partition coefficient (Wildman–Crippen LogP) is 4.80. The highest BCUT2D eigenvalue weighted by molar-refractivity contribution is 5.79. The van der Waals surface area contributed by atoms with Crippen LogP contribution in [-0.4, -0.2) is 53.2 Å². The first kappa shape index (κ1) is 24.8. The third-order valence-electron chi connectivity index (χ3n) is 7.06. The topological polar surface area (TPSA) is 95.9 Å². The van der Waals surface area contributed by atoms with Gasteiger partial charge in [-0.2, -0.15) is 0 Å². The van der Waals surface area contributed by atoms with Gasteiger partial charge in [-0.1, -0.05) is 48.5 Å². The Balaban J connectivity index is 1.21. The zero-order valence-electron chi connectivity index (χ0n) is 20.5. The summed E-state index contributed by atoms with van der Waals surface area (Å²) >= 11 is 0. The first-order chi connectivity index (χ1) is 16.7. The number of carboxylic acids is 1. The Morgan fingerprint density at radius 1 is 1.00 bits per heavy atom. The fourth-order valence-corrected chi connectivity index (χ4v) is 5.05. The van der Waals surface area contributed by atoms with Crippen molar-refractivity contribution in [3.8, 4) is 11.1 Å². The number of rotatable bonds is 10. The van der Waals surface area contributed by atoms with E-state index in [0.29, 0.717) is 38.3 Å². The van der Waals surface area contributed by atoms with Crippen LogP contribution < -0.4 is 5.32 Å². The van der Waals surface area contributed by atoms with Crippen molar-refractivity contribution in [1.29, 1.82) is 0 Å². The van der Waals surface area contributed by atoms with Crippen LogP contribution in [0.1, 0.15) is 63.0 Å². The Labute approximate surface area is 206 Å². The lowest BCUT2D eigenvalue weighted by Crippen LogP contribution is -2.51. The van der Waals surface area contributed by atoms with Gasteiger partial charge in [0.2, 0.25) is 5.91 Å². The Morgan fingerprint density at radius 3 is 2.20 bits per heavy atom. The molecule has 4 rings (SSSR count). The van der Waals surface area contributed by atoms with E-state index in [9.17, 15) is 14.4 Å². The van der Waals surface area contributed by atoms with E-state index >= 15 is 0 Å². The van der Waals surface area contributed by atoms with E-state index in [0.717, 1.165) is 6.42 Å². The largest absolute Gasteiger partial charge is 0.481 e. The van der Waals surface area contributed by atoms with Crippen molar-refractivity contribution >= 4 is 18.0 Å². The van der Waals surface area contributed by atoms with Crippen molar-refractivity contribution in [1.82, 2.24) is 10.2 Å². The second-order valence-corrected chi connectivity index (χ2v) is 10.3. The summed E-state index contributed by atoms with van der Waals surface area (Å²) in [6, 6.07) is 16.4. The van der Waals surface area contributed by atoms with Crippen LogP contribution in [0.15, 0.2) is 48.5 Å². The molecule has 1 saturated heterocycles. The first-order valence-electron chi connectivity index (χ1n) is 12.4. The minimum atomic E-state index is -0.775. The first-order valence-corrected chi connectivity index (χ1v) is 12.4. The van der Waals surface area contributed by atoms with Crippen LogP contribution in [0.25, 0.3) is 11.1 Å². The molecule has 35 heavy (non-hydrogen) atoms. The molecule has 1 aliphatic carbocycles. The molecule has 7 nitrogen and oxygen atoms in total. The highest BCUT2D eigenvalue weighted by Crippen LogP contribution is 2.44. The molecule has 0 radical (unpaired) electrons. The molecular formula is C28H34N2O5. The van der Waals surface area contributed by atoms with Gasteiger partial charge in [0.05, 0.1) is 0 Å². The average Bonchev–Trinajstić information content (AvgIpc) is 3.11. The number of nitrogens with zero attached hydrogens (tertiary/aromatic N) is 1. The number of carboxylic acid groups (broad SMARTS) is 1. The molecule has 2 N–H and O–H groups in total. The molecule has 0 unspecified atom stereocenters. The van der Waals surface area contributed by atoms with Gasteiger partial charge in [-0.3, -0.25) is 9.59 Å². The van der Waals surface area contributed by atoms with Gasteiger partial charge < -0.3 is 20.1 Å². The minimum Gasteiger partial charge on any atom is -0.481 e. The second-order valence-electron chi connectivity index (χ2n) is 10.3. The summed E-state index contributed by atoms with van der Waals surface area (Å²) in [5, 5.41) is 11.6. The maximum absolute atomic E-state index is 12.6. The molecular weight excluding hydrogens is 444 g/mol. The van der Waals surface area contributed by atoms with Crippen LogP contribution in [0, 0.1) is 5.92 Å². The van der Waals surface area contributed by atoms with Crippen LogP contribution in [0.4, 0.5) is 4.79 Å². The number of carbonyl (C=O) groups is 3. The van der Waals surface area contributed by atoms with Crippen LogP contribution in [0.3, 0.4) is 0 Å². The number of carbonyl (C=O) groups excluding carboxylic acids is 2. The van der Waals surface area contributed by atoms with Gasteiger partial charge in [0.1, 0.15) is 6.61 Å². The zero-order chi connectivity index (χ0) is 25.0. The van der Waals surface area contributed by atoms with Crippen LogP contribution in [0.5, 0.6) is 0 Å². The number of alkyl carbamates (subject to hydrolysis) is 1. The number of fused-ring (bicyclic) bond motifs is 3. The molecule has 1 fully saturated rings. The number of hydrogen-bond acceptors (Lipinski definition) is 4. The van der Waals surface area contributed by atoms with E-state index in [1.54, 1.807) is 0 Å². The molecule has 0 spiro atoms. The van der Waals surface area contributed by atoms with Gasteiger partial charge in [0.25, 0.3) is 0 Å². The molecule has 0 bridgehead atoms. The van der Waals surface area contributed by atoms with Crippen LogP contribution >= 0.6 is 0 Å². The highest BCUT2D eigenvalue weighted by atomic mass is 16.5. The number of amides is 2. The molecule has 2 aliphatic rings. The summed E-state index contributed by atoms with van der Waals surface area (Å²) in [4.78, 5) is 37.5. The molecule has 2 aromatic rings. The van der Waals surface area contributed by atoms with Gasteiger partial charge in [0, 0.05) is 37.4 Å². The predicted molar refractivity (Wildman–Crippen MR) is 133 cm³/mol. The lowest BCUT2D eigenvalue weighted by molar-refractivity contribution is -0.139. The van der Waals surface area contributed by atoms with Crippen molar-refractivity contribution in [2.24, 2.45) is 5.92 Å². The van der Waals surface area contributed by atoms with Gasteiger partial charge in [0.15, 0.2) is 0 Å². The quantitative estimate of drug-likeness (QED) is 0.512. The van der Waals surface area contributed by atoms with Crippen molar-refractivity contribution in [2.45, 2.75) is 57.4 Å². The van der Waals surface area contributed by atoms with Crippen molar-refractivity contribution in [3.05, 3.63) is 59.7 Å². The molecule has 0 aromatic heterocycles. The Hall–Kier alpha value is -3.35. The number of hydrogen-bond donors (Lipinski definition) is 2. The zero-order valence-corrected chi connectivity index (χ0v) is 20.5. The number of nitrogens with one attached hydrogen (secondary N) is 1. The molecule has 0 saturated carbocycles. The molecule has 7 heteroatoms. The Bertz CT molecular complexity index is 1040. The van der Waals surface area contributed by atoms with Gasteiger partial charge in [-0.25, -0.2) is 4.79 Å². The fourth-order valence-electron chi connectivity index (χ4n) is 5.05. The molecule has 2 aromatic carbocycles. The normalized spacial score (nSPS) is 15.2. The second kappa shape index (κ2) is 10.5. The van der Waals surface area contributed by atoms with Crippen molar-refractivity contribution < 1.29 is 24.2 Å². The Morgan fingerprint density at radius 2 is 1.60 bits per heavy atom. The maximum Gasteiger partial charge on any atom is 0.407 e. The van der Waals surface area contributed by atoms with Crippen molar-refractivity contribution in [2.75, 3.05) is 19.7 Å². The molecule has 186 valence electrons. The van der Waals surface area contributed by atoms with Crippen LogP contribution in [0.2, 0.25) is 0 Å². The van der Waals surface area contributed by atoms with E-state index in [4.69, 9.17) is 9.84 Å². The summed E-state index contributed by atoms with van der Waals surface area (Å²) in [7, 11) is 0. The fraction of sp³-hybridized carbons (Fsp3) is 0.464. The summed E-state index contributed by atoms with van der Waals surface area (Å²) < 4.78 is 5.64. The summed E-state index contributed by atoms with van der Waals surface area (Å²) in [6.07, 6.45) is 2.05.